The first-order chi connectivity index (χ1) is 14.0. The number of amides is 1. The third kappa shape index (κ3) is 4.14. The van der Waals surface area contributed by atoms with Crippen molar-refractivity contribution in [1.82, 2.24) is 5.32 Å². The fourth-order valence-electron chi connectivity index (χ4n) is 4.93. The van der Waals surface area contributed by atoms with E-state index in [4.69, 9.17) is 4.74 Å². The first-order valence-corrected chi connectivity index (χ1v) is 10.4. The molecule has 2 aromatic rings. The maximum Gasteiger partial charge on any atom is 0.407 e. The zero-order valence-electron chi connectivity index (χ0n) is 16.6. The summed E-state index contributed by atoms with van der Waals surface area (Å²) in [7, 11) is 0. The predicted molar refractivity (Wildman–Crippen MR) is 111 cm³/mol. The van der Waals surface area contributed by atoms with Gasteiger partial charge < -0.3 is 15.2 Å². The van der Waals surface area contributed by atoms with Gasteiger partial charge in [0.15, 0.2) is 0 Å². The van der Waals surface area contributed by atoms with Gasteiger partial charge in [0.25, 0.3) is 0 Å². The first kappa shape index (κ1) is 19.5. The van der Waals surface area contributed by atoms with Crippen molar-refractivity contribution in [2.45, 2.75) is 44.6 Å². The molecule has 152 valence electrons. The third-order valence-corrected chi connectivity index (χ3v) is 6.33. The van der Waals surface area contributed by atoms with Gasteiger partial charge in [0.1, 0.15) is 6.61 Å². The molecule has 4 rings (SSSR count). The maximum atomic E-state index is 12.5. The molecule has 3 unspecified atom stereocenters. The Morgan fingerprint density at radius 3 is 2.28 bits per heavy atom. The Hall–Kier alpha value is -2.82. The van der Waals surface area contributed by atoms with E-state index < -0.39 is 12.1 Å². The van der Waals surface area contributed by atoms with Crippen LogP contribution in [0.15, 0.2) is 48.5 Å². The van der Waals surface area contributed by atoms with Crippen molar-refractivity contribution in [2.75, 3.05) is 6.61 Å². The number of benzene rings is 2. The van der Waals surface area contributed by atoms with Crippen LogP contribution in [0, 0.1) is 11.8 Å². The summed E-state index contributed by atoms with van der Waals surface area (Å²) in [5.74, 6) is -0.352. The summed E-state index contributed by atoms with van der Waals surface area (Å²) in [5.41, 5.74) is 4.74. The summed E-state index contributed by atoms with van der Waals surface area (Å²) < 4.78 is 5.63. The number of alkyl carbamates (subject to hydrolysis) is 1. The van der Waals surface area contributed by atoms with E-state index in [1.807, 2.05) is 24.3 Å². The molecule has 0 aliphatic heterocycles. The lowest BCUT2D eigenvalue weighted by Crippen LogP contribution is -2.44. The van der Waals surface area contributed by atoms with E-state index >= 15 is 0 Å². The summed E-state index contributed by atoms with van der Waals surface area (Å²) in [6.07, 6.45) is 2.23. The Labute approximate surface area is 171 Å². The van der Waals surface area contributed by atoms with Gasteiger partial charge in [-0.05, 0) is 53.4 Å². The number of fused-ring (bicyclic) bond motifs is 3. The van der Waals surface area contributed by atoms with Crippen molar-refractivity contribution in [3.8, 4) is 11.1 Å². The molecule has 1 saturated carbocycles. The Morgan fingerprint density at radius 2 is 1.66 bits per heavy atom. The minimum absolute atomic E-state index is 0.0225. The Morgan fingerprint density at radius 1 is 1.03 bits per heavy atom. The number of rotatable bonds is 5. The highest BCUT2D eigenvalue weighted by atomic mass is 16.5. The Kier molecular flexibility index (Phi) is 5.56. The molecule has 2 aliphatic carbocycles. The number of carboxylic acids is 1. The van der Waals surface area contributed by atoms with E-state index in [-0.39, 0.29) is 30.9 Å². The quantitative estimate of drug-likeness (QED) is 0.765. The van der Waals surface area contributed by atoms with E-state index in [9.17, 15) is 14.7 Å². The van der Waals surface area contributed by atoms with Gasteiger partial charge in [-0.15, -0.1) is 0 Å². The number of carbonyl (C=O) groups is 2. The average Bonchev–Trinajstić information content (AvgIpc) is 3.02. The van der Waals surface area contributed by atoms with Crippen LogP contribution in [-0.4, -0.2) is 29.8 Å². The Bertz CT molecular complexity index is 864. The average molecular weight is 393 g/mol. The van der Waals surface area contributed by atoms with Crippen LogP contribution in [0.1, 0.15) is 49.7 Å². The lowest BCUT2D eigenvalue weighted by Gasteiger charge is -2.34. The van der Waals surface area contributed by atoms with Crippen molar-refractivity contribution in [2.24, 2.45) is 11.8 Å². The summed E-state index contributed by atoms with van der Waals surface area (Å²) >= 11 is 0. The van der Waals surface area contributed by atoms with Crippen LogP contribution >= 0.6 is 0 Å². The molecule has 0 radical (unpaired) electrons. The zero-order chi connectivity index (χ0) is 20.4. The molecule has 5 nitrogen and oxygen atoms in total. The number of carboxylic acid groups (broad SMARTS) is 1. The molecule has 1 amide bonds. The number of aliphatic carboxylic acids is 1. The van der Waals surface area contributed by atoms with Gasteiger partial charge in [0.05, 0.1) is 6.42 Å². The van der Waals surface area contributed by atoms with Crippen LogP contribution in [-0.2, 0) is 9.53 Å². The number of hydrogen-bond donors (Lipinski definition) is 2. The normalized spacial score (nSPS) is 23.1. The van der Waals surface area contributed by atoms with Gasteiger partial charge >= 0.3 is 12.1 Å². The number of ether oxygens (including phenoxy) is 1. The molecular weight excluding hydrogens is 366 g/mol. The maximum absolute atomic E-state index is 12.5. The van der Waals surface area contributed by atoms with Gasteiger partial charge in [-0.2, -0.15) is 0 Å². The van der Waals surface area contributed by atoms with Gasteiger partial charge in [0.2, 0.25) is 0 Å². The zero-order valence-corrected chi connectivity index (χ0v) is 16.6. The molecule has 0 spiro atoms. The van der Waals surface area contributed by atoms with Gasteiger partial charge in [0, 0.05) is 12.0 Å². The molecule has 0 saturated heterocycles. The highest BCUT2D eigenvalue weighted by molar-refractivity contribution is 5.79. The van der Waals surface area contributed by atoms with Crippen LogP contribution in [0.25, 0.3) is 11.1 Å². The van der Waals surface area contributed by atoms with Crippen molar-refractivity contribution < 1.29 is 19.4 Å². The largest absolute Gasteiger partial charge is 0.481 e. The number of hydrogen-bond acceptors (Lipinski definition) is 3. The van der Waals surface area contributed by atoms with Gasteiger partial charge in [-0.1, -0.05) is 55.5 Å². The second-order valence-electron chi connectivity index (χ2n) is 8.35. The lowest BCUT2D eigenvalue weighted by molar-refractivity contribution is -0.138. The fourth-order valence-corrected chi connectivity index (χ4v) is 4.93. The van der Waals surface area contributed by atoms with E-state index in [2.05, 4.69) is 36.5 Å². The standard InChI is InChI=1S/C24H27NO4/c1-15-10-11-22(16(12-15)13-23(26)27)25-24(28)29-14-21-19-8-4-2-6-17(19)18-7-3-5-9-20(18)21/h2-9,15-16,21-22H,10-14H2,1H3,(H,25,28)(H,26,27). The molecule has 29 heavy (non-hydrogen) atoms. The minimum atomic E-state index is -0.816. The molecule has 5 heteroatoms. The molecule has 2 aliphatic rings. The van der Waals surface area contributed by atoms with Crippen molar-refractivity contribution in [3.05, 3.63) is 59.7 Å². The molecular formula is C24H27NO4. The van der Waals surface area contributed by atoms with Crippen molar-refractivity contribution in [1.29, 1.82) is 0 Å². The first-order valence-electron chi connectivity index (χ1n) is 10.4. The predicted octanol–water partition coefficient (Wildman–Crippen LogP) is 4.80. The molecule has 2 aromatic carbocycles. The van der Waals surface area contributed by atoms with E-state index in [0.29, 0.717) is 5.92 Å². The monoisotopic (exact) mass is 393 g/mol. The van der Waals surface area contributed by atoms with Crippen molar-refractivity contribution in [3.63, 3.8) is 0 Å². The Balaban J connectivity index is 1.41. The van der Waals surface area contributed by atoms with E-state index in [0.717, 1.165) is 19.3 Å². The summed E-state index contributed by atoms with van der Waals surface area (Å²) in [5, 5.41) is 12.1. The molecule has 0 aromatic heterocycles. The topological polar surface area (TPSA) is 75.6 Å². The third-order valence-electron chi connectivity index (χ3n) is 6.33. The molecule has 1 fully saturated rings. The van der Waals surface area contributed by atoms with Gasteiger partial charge in [-0.3, -0.25) is 4.79 Å². The number of nitrogens with one attached hydrogen (secondary N) is 1. The van der Waals surface area contributed by atoms with Crippen LogP contribution in [0.5, 0.6) is 0 Å². The number of carbonyl (C=O) groups excluding carboxylic acids is 1. The summed E-state index contributed by atoms with van der Waals surface area (Å²) in [4.78, 5) is 23.7. The van der Waals surface area contributed by atoms with Crippen LogP contribution in [0.2, 0.25) is 0 Å². The highest BCUT2D eigenvalue weighted by Gasteiger charge is 2.33. The fraction of sp³-hybridized carbons (Fsp3) is 0.417. The summed E-state index contributed by atoms with van der Waals surface area (Å²) in [6, 6.07) is 16.3. The van der Waals surface area contributed by atoms with Crippen LogP contribution in [0.4, 0.5) is 4.79 Å². The minimum Gasteiger partial charge on any atom is -0.481 e. The van der Waals surface area contributed by atoms with Gasteiger partial charge in [-0.25, -0.2) is 4.79 Å². The van der Waals surface area contributed by atoms with Crippen LogP contribution in [0.3, 0.4) is 0 Å². The highest BCUT2D eigenvalue weighted by Crippen LogP contribution is 2.44. The van der Waals surface area contributed by atoms with E-state index in [1.165, 1.54) is 22.3 Å². The molecule has 0 heterocycles. The second kappa shape index (κ2) is 8.27. The SMILES string of the molecule is CC1CCC(NC(=O)OCC2c3ccccc3-c3ccccc32)C(CC(=O)O)C1. The lowest BCUT2D eigenvalue weighted by atomic mass is 9.77. The smallest absolute Gasteiger partial charge is 0.407 e. The van der Waals surface area contributed by atoms with Crippen molar-refractivity contribution >= 4 is 12.1 Å². The summed E-state index contributed by atoms with van der Waals surface area (Å²) in [6.45, 7) is 2.41. The molecule has 2 N–H and O–H groups in total. The van der Waals surface area contributed by atoms with Crippen LogP contribution < -0.4 is 5.32 Å². The van der Waals surface area contributed by atoms with E-state index in [1.54, 1.807) is 0 Å². The molecule has 0 bridgehead atoms. The second-order valence-corrected chi connectivity index (χ2v) is 8.35. The molecule has 3 atom stereocenters.